The molecule has 0 heterocycles. The molecule has 0 aromatic heterocycles. The van der Waals surface area contributed by atoms with Crippen molar-refractivity contribution in [1.82, 2.24) is 10.2 Å². The second-order valence-electron chi connectivity index (χ2n) is 5.04. The Morgan fingerprint density at radius 1 is 1.32 bits per heavy atom. The number of carbonyl (C=O) groups excluding carboxylic acids is 2. The first-order chi connectivity index (χ1) is 9.04. The summed E-state index contributed by atoms with van der Waals surface area (Å²) in [5.41, 5.74) is 1.60. The second kappa shape index (κ2) is 5.73. The lowest BCUT2D eigenvalue weighted by Gasteiger charge is -2.12. The molecule has 5 nitrogen and oxygen atoms in total. The van der Waals surface area contributed by atoms with Crippen LogP contribution in [0.25, 0.3) is 0 Å². The summed E-state index contributed by atoms with van der Waals surface area (Å²) < 4.78 is 0. The van der Waals surface area contributed by atoms with Gasteiger partial charge in [-0.1, -0.05) is 12.1 Å². The molecular formula is C14H19N3O2. The molecule has 102 valence electrons. The Balaban J connectivity index is 1.93. The predicted molar refractivity (Wildman–Crippen MR) is 74.0 cm³/mol. The van der Waals surface area contributed by atoms with Gasteiger partial charge in [0.1, 0.15) is 0 Å². The number of carbonyl (C=O) groups is 2. The topological polar surface area (TPSA) is 61.4 Å². The van der Waals surface area contributed by atoms with Crippen molar-refractivity contribution in [3.05, 3.63) is 29.8 Å². The summed E-state index contributed by atoms with van der Waals surface area (Å²) in [6.07, 6.45) is 2.53. The molecule has 1 aliphatic rings. The third-order valence-electron chi connectivity index (χ3n) is 2.89. The van der Waals surface area contributed by atoms with Gasteiger partial charge in [-0.25, -0.2) is 4.79 Å². The SMILES string of the molecule is CN(C)C(=O)Nc1cccc(CC(=O)NC2CC2)c1. The van der Waals surface area contributed by atoms with Gasteiger partial charge < -0.3 is 15.5 Å². The molecule has 0 bridgehead atoms. The van der Waals surface area contributed by atoms with E-state index in [0.29, 0.717) is 18.2 Å². The Morgan fingerprint density at radius 2 is 2.05 bits per heavy atom. The molecule has 0 radical (unpaired) electrons. The summed E-state index contributed by atoms with van der Waals surface area (Å²) in [6.45, 7) is 0. The summed E-state index contributed by atoms with van der Waals surface area (Å²) in [4.78, 5) is 24.7. The molecule has 1 aromatic carbocycles. The summed E-state index contributed by atoms with van der Waals surface area (Å²) in [5.74, 6) is 0.0404. The number of amides is 3. The van der Waals surface area contributed by atoms with E-state index in [1.165, 1.54) is 4.90 Å². The van der Waals surface area contributed by atoms with Gasteiger partial charge in [0.15, 0.2) is 0 Å². The summed E-state index contributed by atoms with van der Waals surface area (Å²) >= 11 is 0. The maximum Gasteiger partial charge on any atom is 0.321 e. The fourth-order valence-corrected chi connectivity index (χ4v) is 1.69. The lowest BCUT2D eigenvalue weighted by atomic mass is 10.1. The van der Waals surface area contributed by atoms with E-state index >= 15 is 0 Å². The summed E-state index contributed by atoms with van der Waals surface area (Å²) in [6, 6.07) is 7.56. The Morgan fingerprint density at radius 3 is 2.68 bits per heavy atom. The molecule has 19 heavy (non-hydrogen) atoms. The number of nitrogens with zero attached hydrogens (tertiary/aromatic N) is 1. The maximum absolute atomic E-state index is 11.7. The van der Waals surface area contributed by atoms with Crippen LogP contribution in [0.15, 0.2) is 24.3 Å². The van der Waals surface area contributed by atoms with Gasteiger partial charge in [0, 0.05) is 25.8 Å². The van der Waals surface area contributed by atoms with Crippen LogP contribution in [0.1, 0.15) is 18.4 Å². The maximum atomic E-state index is 11.7. The van der Waals surface area contributed by atoms with Crippen LogP contribution in [0, 0.1) is 0 Å². The molecule has 5 heteroatoms. The number of anilines is 1. The molecule has 1 aromatic rings. The summed E-state index contributed by atoms with van der Waals surface area (Å²) in [7, 11) is 3.37. The molecule has 2 rings (SSSR count). The number of hydrogen-bond donors (Lipinski definition) is 2. The number of urea groups is 1. The Labute approximate surface area is 113 Å². The molecular weight excluding hydrogens is 242 g/mol. The minimum Gasteiger partial charge on any atom is -0.353 e. The second-order valence-corrected chi connectivity index (χ2v) is 5.04. The number of hydrogen-bond acceptors (Lipinski definition) is 2. The Hall–Kier alpha value is -2.04. The van der Waals surface area contributed by atoms with Crippen LogP contribution in [0.4, 0.5) is 10.5 Å². The molecule has 0 aliphatic heterocycles. The first kappa shape index (κ1) is 13.4. The Kier molecular flexibility index (Phi) is 4.04. The number of benzene rings is 1. The van der Waals surface area contributed by atoms with Gasteiger partial charge in [-0.05, 0) is 30.5 Å². The molecule has 0 saturated heterocycles. The van der Waals surface area contributed by atoms with E-state index in [1.807, 2.05) is 24.3 Å². The van der Waals surface area contributed by atoms with E-state index in [-0.39, 0.29) is 11.9 Å². The quantitative estimate of drug-likeness (QED) is 0.865. The van der Waals surface area contributed by atoms with E-state index in [1.54, 1.807) is 14.1 Å². The van der Waals surface area contributed by atoms with Crippen molar-refractivity contribution in [2.45, 2.75) is 25.3 Å². The predicted octanol–water partition coefficient (Wildman–Crippen LogP) is 1.60. The van der Waals surface area contributed by atoms with Gasteiger partial charge >= 0.3 is 6.03 Å². The minimum atomic E-state index is -0.181. The van der Waals surface area contributed by atoms with E-state index < -0.39 is 0 Å². The molecule has 1 aliphatic carbocycles. The Bertz CT molecular complexity index is 481. The van der Waals surface area contributed by atoms with Crippen LogP contribution in [0.5, 0.6) is 0 Å². The summed E-state index contributed by atoms with van der Waals surface area (Å²) in [5, 5.41) is 5.71. The van der Waals surface area contributed by atoms with Crippen LogP contribution in [-0.2, 0) is 11.2 Å². The van der Waals surface area contributed by atoms with Crippen molar-refractivity contribution in [3.63, 3.8) is 0 Å². The highest BCUT2D eigenvalue weighted by Gasteiger charge is 2.23. The van der Waals surface area contributed by atoms with Gasteiger partial charge in [-0.2, -0.15) is 0 Å². The first-order valence-corrected chi connectivity index (χ1v) is 6.41. The van der Waals surface area contributed by atoms with E-state index in [0.717, 1.165) is 18.4 Å². The standard InChI is InChI=1S/C14H19N3O2/c1-17(2)14(19)16-12-5-3-4-10(8-12)9-13(18)15-11-6-7-11/h3-5,8,11H,6-7,9H2,1-2H3,(H,15,18)(H,16,19). The average Bonchev–Trinajstić information content (AvgIpc) is 3.12. The van der Waals surface area contributed by atoms with Gasteiger partial charge in [-0.3, -0.25) is 4.79 Å². The lowest BCUT2D eigenvalue weighted by Crippen LogP contribution is -2.28. The molecule has 0 spiro atoms. The zero-order valence-corrected chi connectivity index (χ0v) is 11.3. The normalized spacial score (nSPS) is 13.8. The molecule has 1 fully saturated rings. The monoisotopic (exact) mass is 261 g/mol. The molecule has 1 saturated carbocycles. The highest BCUT2D eigenvalue weighted by molar-refractivity contribution is 5.89. The number of rotatable bonds is 4. The highest BCUT2D eigenvalue weighted by atomic mass is 16.2. The zero-order valence-electron chi connectivity index (χ0n) is 11.3. The van der Waals surface area contributed by atoms with Gasteiger partial charge in [0.2, 0.25) is 5.91 Å². The van der Waals surface area contributed by atoms with Crippen molar-refractivity contribution >= 4 is 17.6 Å². The lowest BCUT2D eigenvalue weighted by molar-refractivity contribution is -0.120. The van der Waals surface area contributed by atoms with E-state index in [4.69, 9.17) is 0 Å². The van der Waals surface area contributed by atoms with E-state index in [9.17, 15) is 9.59 Å². The van der Waals surface area contributed by atoms with Crippen LogP contribution in [0.3, 0.4) is 0 Å². The smallest absolute Gasteiger partial charge is 0.321 e. The fourth-order valence-electron chi connectivity index (χ4n) is 1.69. The van der Waals surface area contributed by atoms with Crippen molar-refractivity contribution in [1.29, 1.82) is 0 Å². The van der Waals surface area contributed by atoms with Crippen molar-refractivity contribution < 1.29 is 9.59 Å². The number of nitrogens with one attached hydrogen (secondary N) is 2. The zero-order chi connectivity index (χ0) is 13.8. The van der Waals surface area contributed by atoms with Crippen molar-refractivity contribution in [2.75, 3.05) is 19.4 Å². The van der Waals surface area contributed by atoms with Gasteiger partial charge in [0.05, 0.1) is 6.42 Å². The third kappa shape index (κ3) is 4.28. The molecule has 0 atom stereocenters. The third-order valence-corrected chi connectivity index (χ3v) is 2.89. The first-order valence-electron chi connectivity index (χ1n) is 6.41. The van der Waals surface area contributed by atoms with Gasteiger partial charge in [-0.15, -0.1) is 0 Å². The van der Waals surface area contributed by atoms with Gasteiger partial charge in [0.25, 0.3) is 0 Å². The van der Waals surface area contributed by atoms with Crippen LogP contribution in [-0.4, -0.2) is 37.0 Å². The van der Waals surface area contributed by atoms with Crippen molar-refractivity contribution in [3.8, 4) is 0 Å². The molecule has 2 N–H and O–H groups in total. The largest absolute Gasteiger partial charge is 0.353 e. The molecule has 0 unspecified atom stereocenters. The van der Waals surface area contributed by atoms with Crippen LogP contribution in [0.2, 0.25) is 0 Å². The van der Waals surface area contributed by atoms with Crippen molar-refractivity contribution in [2.24, 2.45) is 0 Å². The molecule has 3 amide bonds. The van der Waals surface area contributed by atoms with Crippen LogP contribution < -0.4 is 10.6 Å². The van der Waals surface area contributed by atoms with E-state index in [2.05, 4.69) is 10.6 Å². The fraction of sp³-hybridized carbons (Fsp3) is 0.429. The minimum absolute atomic E-state index is 0.0404. The van der Waals surface area contributed by atoms with Crippen LogP contribution >= 0.6 is 0 Å². The average molecular weight is 261 g/mol. The highest BCUT2D eigenvalue weighted by Crippen LogP contribution is 2.19.